The third kappa shape index (κ3) is 2.22. The van der Waals surface area contributed by atoms with Crippen LogP contribution in [-0.2, 0) is 0 Å². The highest BCUT2D eigenvalue weighted by atomic mass is 16.3. The third-order valence-corrected chi connectivity index (χ3v) is 7.44. The first-order valence-corrected chi connectivity index (χ1v) is 8.93. The second-order valence-electron chi connectivity index (χ2n) is 8.92. The summed E-state index contributed by atoms with van der Waals surface area (Å²) in [6, 6.07) is 0. The average molecular weight is 304 g/mol. The van der Waals surface area contributed by atoms with Gasteiger partial charge in [0.15, 0.2) is 0 Å². The predicted molar refractivity (Wildman–Crippen MR) is 90.4 cm³/mol. The third-order valence-electron chi connectivity index (χ3n) is 7.44. The Balaban J connectivity index is 2.02. The standard InChI is InChI=1S/C20H32O2/c1-5-18(2)10-7-15-14(12-18)16(22)11-17-19(3,13-21)8-6-9-20(15,17)4/h5,12,15-17,21-22H,1,6-11,13H2,2-4H3. The maximum absolute atomic E-state index is 10.8. The van der Waals surface area contributed by atoms with Crippen LogP contribution in [0.25, 0.3) is 0 Å². The van der Waals surface area contributed by atoms with E-state index in [9.17, 15) is 10.2 Å². The molecule has 22 heavy (non-hydrogen) atoms. The lowest BCUT2D eigenvalue weighted by atomic mass is 9.45. The van der Waals surface area contributed by atoms with Crippen LogP contribution >= 0.6 is 0 Å². The average Bonchev–Trinajstić information content (AvgIpc) is 2.50. The SMILES string of the molecule is C=CC1(C)C=C2C(O)CC3C(C)(CO)CCCC3(C)C2CC1. The molecule has 0 bridgehead atoms. The van der Waals surface area contributed by atoms with E-state index in [0.29, 0.717) is 11.8 Å². The van der Waals surface area contributed by atoms with Crippen molar-refractivity contribution in [3.63, 3.8) is 0 Å². The van der Waals surface area contributed by atoms with E-state index in [-0.39, 0.29) is 29.0 Å². The van der Waals surface area contributed by atoms with E-state index < -0.39 is 0 Å². The lowest BCUT2D eigenvalue weighted by Crippen LogP contribution is -2.55. The fraction of sp³-hybridized carbons (Fsp3) is 0.800. The molecule has 0 heterocycles. The Labute approximate surface area is 135 Å². The van der Waals surface area contributed by atoms with Crippen LogP contribution in [0.2, 0.25) is 0 Å². The van der Waals surface area contributed by atoms with E-state index in [1.165, 1.54) is 18.4 Å². The Morgan fingerprint density at radius 1 is 1.27 bits per heavy atom. The van der Waals surface area contributed by atoms with Gasteiger partial charge in [-0.3, -0.25) is 0 Å². The van der Waals surface area contributed by atoms with E-state index in [2.05, 4.69) is 33.4 Å². The maximum atomic E-state index is 10.8. The summed E-state index contributed by atoms with van der Waals surface area (Å²) in [5, 5.41) is 20.8. The van der Waals surface area contributed by atoms with Gasteiger partial charge in [0.1, 0.15) is 0 Å². The first-order chi connectivity index (χ1) is 10.3. The molecule has 3 aliphatic carbocycles. The largest absolute Gasteiger partial charge is 0.396 e. The zero-order valence-corrected chi connectivity index (χ0v) is 14.4. The van der Waals surface area contributed by atoms with Crippen LogP contribution in [-0.4, -0.2) is 22.9 Å². The molecule has 0 amide bonds. The summed E-state index contributed by atoms with van der Waals surface area (Å²) in [6.07, 6.45) is 10.6. The van der Waals surface area contributed by atoms with Crippen LogP contribution in [0.5, 0.6) is 0 Å². The number of hydrogen-bond acceptors (Lipinski definition) is 2. The quantitative estimate of drug-likeness (QED) is 0.755. The molecule has 2 fully saturated rings. The normalized spacial score (nSPS) is 51.5. The van der Waals surface area contributed by atoms with Gasteiger partial charge < -0.3 is 10.2 Å². The second kappa shape index (κ2) is 5.21. The van der Waals surface area contributed by atoms with Gasteiger partial charge in [-0.25, -0.2) is 0 Å². The van der Waals surface area contributed by atoms with E-state index in [4.69, 9.17) is 0 Å². The summed E-state index contributed by atoms with van der Waals surface area (Å²) in [4.78, 5) is 0. The first kappa shape index (κ1) is 16.3. The lowest BCUT2D eigenvalue weighted by molar-refractivity contribution is -0.112. The maximum Gasteiger partial charge on any atom is 0.0756 e. The van der Waals surface area contributed by atoms with Gasteiger partial charge in [-0.15, -0.1) is 6.58 Å². The molecule has 124 valence electrons. The molecule has 2 saturated carbocycles. The minimum atomic E-state index is -0.341. The van der Waals surface area contributed by atoms with Crippen molar-refractivity contribution in [1.29, 1.82) is 0 Å². The van der Waals surface area contributed by atoms with Crippen LogP contribution < -0.4 is 0 Å². The lowest BCUT2D eigenvalue weighted by Gasteiger charge is -2.61. The molecule has 0 radical (unpaired) electrons. The summed E-state index contributed by atoms with van der Waals surface area (Å²) in [6.45, 7) is 11.1. The van der Waals surface area contributed by atoms with Crippen LogP contribution in [0.3, 0.4) is 0 Å². The molecule has 0 aliphatic heterocycles. The topological polar surface area (TPSA) is 40.5 Å². The van der Waals surface area contributed by atoms with E-state index in [1.54, 1.807) is 0 Å². The Kier molecular flexibility index (Phi) is 3.85. The zero-order chi connectivity index (χ0) is 16.2. The highest BCUT2D eigenvalue weighted by molar-refractivity contribution is 5.29. The summed E-state index contributed by atoms with van der Waals surface area (Å²) in [5.41, 5.74) is 1.49. The molecule has 0 saturated heterocycles. The van der Waals surface area contributed by atoms with Gasteiger partial charge in [-0.2, -0.15) is 0 Å². The number of aliphatic hydroxyl groups is 2. The molecular weight excluding hydrogens is 272 g/mol. The molecule has 6 unspecified atom stereocenters. The molecule has 0 aromatic heterocycles. The Bertz CT molecular complexity index is 496. The first-order valence-electron chi connectivity index (χ1n) is 8.93. The van der Waals surface area contributed by atoms with Crippen LogP contribution in [0.4, 0.5) is 0 Å². The molecule has 2 N–H and O–H groups in total. The highest BCUT2D eigenvalue weighted by Gasteiger charge is 2.57. The summed E-state index contributed by atoms with van der Waals surface area (Å²) in [7, 11) is 0. The fourth-order valence-corrected chi connectivity index (χ4v) is 5.91. The number of allylic oxidation sites excluding steroid dienone is 2. The smallest absolute Gasteiger partial charge is 0.0756 e. The van der Waals surface area contributed by atoms with Crippen molar-refractivity contribution in [1.82, 2.24) is 0 Å². The number of aliphatic hydroxyl groups excluding tert-OH is 2. The van der Waals surface area contributed by atoms with Crippen molar-refractivity contribution >= 4 is 0 Å². The molecule has 6 atom stereocenters. The van der Waals surface area contributed by atoms with Crippen molar-refractivity contribution in [2.45, 2.75) is 65.4 Å². The van der Waals surface area contributed by atoms with Crippen molar-refractivity contribution in [3.05, 3.63) is 24.3 Å². The molecule has 0 spiro atoms. The van der Waals surface area contributed by atoms with Gasteiger partial charge in [-0.05, 0) is 60.3 Å². The number of fused-ring (bicyclic) bond motifs is 3. The van der Waals surface area contributed by atoms with Gasteiger partial charge in [0, 0.05) is 12.0 Å². The van der Waals surface area contributed by atoms with Gasteiger partial charge in [0.2, 0.25) is 0 Å². The molecule has 0 aromatic carbocycles. The molecule has 2 heteroatoms. The van der Waals surface area contributed by atoms with Gasteiger partial charge in [-0.1, -0.05) is 39.3 Å². The van der Waals surface area contributed by atoms with Gasteiger partial charge in [0.25, 0.3) is 0 Å². The van der Waals surface area contributed by atoms with E-state index in [0.717, 1.165) is 25.7 Å². The molecule has 3 rings (SSSR count). The van der Waals surface area contributed by atoms with Crippen molar-refractivity contribution in [2.24, 2.45) is 28.1 Å². The predicted octanol–water partition coefficient (Wildman–Crippen LogP) is 4.08. The van der Waals surface area contributed by atoms with Crippen LogP contribution in [0, 0.1) is 28.1 Å². The van der Waals surface area contributed by atoms with Crippen LogP contribution in [0.1, 0.15) is 59.3 Å². The Morgan fingerprint density at radius 3 is 2.64 bits per heavy atom. The molecule has 3 aliphatic rings. The monoisotopic (exact) mass is 304 g/mol. The van der Waals surface area contributed by atoms with Crippen molar-refractivity contribution in [3.8, 4) is 0 Å². The van der Waals surface area contributed by atoms with Crippen LogP contribution in [0.15, 0.2) is 24.3 Å². The van der Waals surface area contributed by atoms with E-state index >= 15 is 0 Å². The number of hydrogen-bond donors (Lipinski definition) is 2. The Morgan fingerprint density at radius 2 is 2.00 bits per heavy atom. The minimum Gasteiger partial charge on any atom is -0.396 e. The molecular formula is C20H32O2. The fourth-order valence-electron chi connectivity index (χ4n) is 5.91. The molecule has 0 aromatic rings. The summed E-state index contributed by atoms with van der Waals surface area (Å²) >= 11 is 0. The number of rotatable bonds is 2. The van der Waals surface area contributed by atoms with Gasteiger partial charge >= 0.3 is 0 Å². The minimum absolute atomic E-state index is 0.0291. The van der Waals surface area contributed by atoms with Crippen molar-refractivity contribution < 1.29 is 10.2 Å². The molecule has 2 nitrogen and oxygen atoms in total. The van der Waals surface area contributed by atoms with Gasteiger partial charge in [0.05, 0.1) is 6.10 Å². The summed E-state index contributed by atoms with van der Waals surface area (Å²) < 4.78 is 0. The summed E-state index contributed by atoms with van der Waals surface area (Å²) in [5.74, 6) is 0.893. The Hall–Kier alpha value is -0.600. The van der Waals surface area contributed by atoms with E-state index in [1.807, 2.05) is 6.08 Å². The second-order valence-corrected chi connectivity index (χ2v) is 8.92. The van der Waals surface area contributed by atoms with Crippen molar-refractivity contribution in [2.75, 3.05) is 6.61 Å². The highest BCUT2D eigenvalue weighted by Crippen LogP contribution is 2.63. The zero-order valence-electron chi connectivity index (χ0n) is 14.4.